The van der Waals surface area contributed by atoms with Gasteiger partial charge in [-0.05, 0) is 30.3 Å². The normalized spacial score (nSPS) is 18.8. The molecule has 1 aromatic carbocycles. The van der Waals surface area contributed by atoms with Crippen LogP contribution in [0.25, 0.3) is 11.0 Å². The summed E-state index contributed by atoms with van der Waals surface area (Å²) in [5, 5.41) is 9.25. The maximum absolute atomic E-state index is 13.0. The fraction of sp³-hybridized carbons (Fsp3) is 0.348. The lowest BCUT2D eigenvalue weighted by Crippen LogP contribution is -2.50. The first-order valence-electron chi connectivity index (χ1n) is 10.2. The molecule has 0 radical (unpaired) electrons. The second-order valence-corrected chi connectivity index (χ2v) is 7.79. The average Bonchev–Trinajstić information content (AvgIpc) is 2.81. The average molecular weight is 458 g/mol. The lowest BCUT2D eigenvalue weighted by atomic mass is 10.0. The van der Waals surface area contributed by atoms with Crippen molar-refractivity contribution in [3.63, 3.8) is 0 Å². The molecule has 10 heteroatoms. The van der Waals surface area contributed by atoms with Crippen LogP contribution in [0.3, 0.4) is 0 Å². The minimum Gasteiger partial charge on any atom is -0.488 e. The van der Waals surface area contributed by atoms with Crippen LogP contribution >= 0.6 is 0 Å². The number of alkyl halides is 3. The maximum Gasteiger partial charge on any atom is 0.416 e. The summed E-state index contributed by atoms with van der Waals surface area (Å²) < 4.78 is 52.0. The molecule has 0 unspecified atom stereocenters. The van der Waals surface area contributed by atoms with Gasteiger partial charge in [-0.1, -0.05) is 6.07 Å². The highest BCUT2D eigenvalue weighted by molar-refractivity contribution is 5.88. The molecule has 0 aliphatic carbocycles. The van der Waals surface area contributed by atoms with Gasteiger partial charge in [0.1, 0.15) is 35.2 Å². The summed E-state index contributed by atoms with van der Waals surface area (Å²) >= 11 is 0. The number of pyridine rings is 2. The summed E-state index contributed by atoms with van der Waals surface area (Å²) in [4.78, 5) is 18.8. The highest BCUT2D eigenvalue weighted by atomic mass is 19.4. The highest BCUT2D eigenvalue weighted by Crippen LogP contribution is 2.33. The molecular formula is C23H21F3N4O3. The Bertz CT molecular complexity index is 1280. The largest absolute Gasteiger partial charge is 0.488 e. The van der Waals surface area contributed by atoms with Crippen LogP contribution in [0, 0.1) is 11.3 Å². The number of rotatable bonds is 4. The van der Waals surface area contributed by atoms with Gasteiger partial charge in [0.2, 0.25) is 0 Å². The van der Waals surface area contributed by atoms with E-state index in [2.05, 4.69) is 4.98 Å². The fourth-order valence-electron chi connectivity index (χ4n) is 4.01. The van der Waals surface area contributed by atoms with E-state index < -0.39 is 23.9 Å². The van der Waals surface area contributed by atoms with Crippen molar-refractivity contribution in [3.05, 3.63) is 64.1 Å². The van der Waals surface area contributed by atoms with Gasteiger partial charge in [-0.25, -0.2) is 4.98 Å². The summed E-state index contributed by atoms with van der Waals surface area (Å²) in [6, 6.07) is 11.5. The number of methoxy groups -OCH3 is 1. The van der Waals surface area contributed by atoms with Crippen molar-refractivity contribution in [1.82, 2.24) is 9.55 Å². The van der Waals surface area contributed by atoms with E-state index in [4.69, 9.17) is 9.47 Å². The number of halogens is 3. The van der Waals surface area contributed by atoms with Gasteiger partial charge in [-0.15, -0.1) is 0 Å². The molecule has 2 atom stereocenters. The first kappa shape index (κ1) is 22.6. The van der Waals surface area contributed by atoms with Crippen LogP contribution < -0.4 is 15.2 Å². The molecule has 0 spiro atoms. The molecule has 0 bridgehead atoms. The summed E-state index contributed by atoms with van der Waals surface area (Å²) in [6.07, 6.45) is -4.95. The molecule has 3 heterocycles. The first-order valence-corrected chi connectivity index (χ1v) is 10.2. The smallest absolute Gasteiger partial charge is 0.416 e. The van der Waals surface area contributed by atoms with Gasteiger partial charge < -0.3 is 18.9 Å². The van der Waals surface area contributed by atoms with E-state index in [1.807, 2.05) is 11.0 Å². The topological polar surface area (TPSA) is 80.4 Å². The molecule has 0 saturated carbocycles. The molecular weight excluding hydrogens is 437 g/mol. The van der Waals surface area contributed by atoms with Crippen molar-refractivity contribution in [1.29, 1.82) is 5.26 Å². The van der Waals surface area contributed by atoms with Crippen molar-refractivity contribution in [2.45, 2.75) is 24.8 Å². The van der Waals surface area contributed by atoms with E-state index in [0.29, 0.717) is 36.2 Å². The molecule has 7 nitrogen and oxygen atoms in total. The Labute approximate surface area is 187 Å². The number of ether oxygens (including phenoxy) is 2. The lowest BCUT2D eigenvalue weighted by molar-refractivity contribution is -0.137. The third-order valence-corrected chi connectivity index (χ3v) is 5.77. The monoisotopic (exact) mass is 458 g/mol. The van der Waals surface area contributed by atoms with Crippen molar-refractivity contribution < 1.29 is 22.6 Å². The number of piperidine rings is 1. The molecule has 0 N–H and O–H groups in total. The molecule has 1 aliphatic rings. The molecule has 1 saturated heterocycles. The van der Waals surface area contributed by atoms with Gasteiger partial charge >= 0.3 is 6.18 Å². The molecule has 0 amide bonds. The van der Waals surface area contributed by atoms with Gasteiger partial charge in [-0.2, -0.15) is 18.4 Å². The molecule has 2 aromatic heterocycles. The van der Waals surface area contributed by atoms with Gasteiger partial charge in [0, 0.05) is 39.7 Å². The predicted octanol–water partition coefficient (Wildman–Crippen LogP) is 3.50. The summed E-state index contributed by atoms with van der Waals surface area (Å²) in [5.41, 5.74) is 0.909. The van der Waals surface area contributed by atoms with E-state index in [1.54, 1.807) is 19.2 Å². The summed E-state index contributed by atoms with van der Waals surface area (Å²) in [6.45, 7) is 0.797. The van der Waals surface area contributed by atoms with E-state index in [9.17, 15) is 23.2 Å². The number of hydrogen-bond donors (Lipinski definition) is 0. The van der Waals surface area contributed by atoms with Crippen LogP contribution in [0.15, 0.2) is 47.3 Å². The van der Waals surface area contributed by atoms with Crippen LogP contribution in [-0.2, 0) is 18.0 Å². The second kappa shape index (κ2) is 8.75. The minimum absolute atomic E-state index is 0.115. The molecule has 1 aliphatic heterocycles. The van der Waals surface area contributed by atoms with Crippen LogP contribution in [-0.4, -0.2) is 42.0 Å². The number of nitriles is 1. The van der Waals surface area contributed by atoms with Crippen molar-refractivity contribution >= 4 is 16.7 Å². The number of nitrogens with zero attached hydrogens (tertiary/aromatic N) is 4. The van der Waals surface area contributed by atoms with Crippen LogP contribution in [0.1, 0.15) is 17.7 Å². The number of benzene rings is 1. The minimum atomic E-state index is -4.46. The van der Waals surface area contributed by atoms with Crippen molar-refractivity contribution in [2.24, 2.45) is 7.05 Å². The van der Waals surface area contributed by atoms with Gasteiger partial charge in [0.25, 0.3) is 5.56 Å². The Morgan fingerprint density at radius 2 is 1.97 bits per heavy atom. The third kappa shape index (κ3) is 4.50. The van der Waals surface area contributed by atoms with Crippen LogP contribution in [0.5, 0.6) is 5.75 Å². The van der Waals surface area contributed by atoms with Gasteiger partial charge in [-0.3, -0.25) is 4.79 Å². The Morgan fingerprint density at radius 1 is 1.18 bits per heavy atom. The third-order valence-electron chi connectivity index (χ3n) is 5.77. The molecule has 172 valence electrons. The summed E-state index contributed by atoms with van der Waals surface area (Å²) in [7, 11) is 3.14. The number of aromatic nitrogens is 2. The summed E-state index contributed by atoms with van der Waals surface area (Å²) in [5.74, 6) is 0.115. The molecule has 4 rings (SSSR count). The Hall–Kier alpha value is -3.58. The van der Waals surface area contributed by atoms with Crippen LogP contribution in [0.4, 0.5) is 18.9 Å². The zero-order chi connectivity index (χ0) is 23.8. The predicted molar refractivity (Wildman–Crippen MR) is 115 cm³/mol. The lowest BCUT2D eigenvalue weighted by Gasteiger charge is -2.39. The highest BCUT2D eigenvalue weighted by Gasteiger charge is 2.34. The fourth-order valence-corrected chi connectivity index (χ4v) is 4.01. The zero-order valence-electron chi connectivity index (χ0n) is 18.0. The molecule has 33 heavy (non-hydrogen) atoms. The Balaban J connectivity index is 1.61. The number of fused-ring (bicyclic) bond motifs is 1. The Kier molecular flexibility index (Phi) is 5.99. The van der Waals surface area contributed by atoms with E-state index >= 15 is 0 Å². The Morgan fingerprint density at radius 3 is 2.67 bits per heavy atom. The molecule has 3 aromatic rings. The van der Waals surface area contributed by atoms with Crippen LogP contribution in [0.2, 0.25) is 0 Å². The quantitative estimate of drug-likeness (QED) is 0.596. The van der Waals surface area contributed by atoms with E-state index in [-0.39, 0.29) is 17.0 Å². The number of aryl methyl sites for hydroxylation is 1. The first-order chi connectivity index (χ1) is 15.7. The second-order valence-electron chi connectivity index (χ2n) is 7.79. The number of anilines is 1. The standard InChI is InChI=1S/C23H21F3N4O3/c1-29-17-7-6-15(12-27)28-22(17)18(11-21(29)31)30-9-8-19(20(13-30)32-2)33-16-5-3-4-14(10-16)23(24,25)26/h3-7,10-11,19-20H,8-9,13H2,1-2H3/t19-,20-/m1/s1. The SMILES string of the molecule is CO[C@@H]1CN(c2cc(=O)n(C)c3ccc(C#N)nc23)CC[C@H]1Oc1cccc(C(F)(F)F)c1. The number of hydrogen-bond acceptors (Lipinski definition) is 6. The van der Waals surface area contributed by atoms with E-state index in [0.717, 1.165) is 12.1 Å². The van der Waals surface area contributed by atoms with Gasteiger partial charge in [0.15, 0.2) is 0 Å². The molecule has 1 fully saturated rings. The zero-order valence-corrected chi connectivity index (χ0v) is 18.0. The van der Waals surface area contributed by atoms with Gasteiger partial charge in [0.05, 0.1) is 16.8 Å². The van der Waals surface area contributed by atoms with Crippen molar-refractivity contribution in [2.75, 3.05) is 25.1 Å². The van der Waals surface area contributed by atoms with E-state index in [1.165, 1.54) is 29.9 Å². The van der Waals surface area contributed by atoms with Crippen molar-refractivity contribution in [3.8, 4) is 11.8 Å². The maximum atomic E-state index is 13.0.